The summed E-state index contributed by atoms with van der Waals surface area (Å²) in [5.41, 5.74) is 5.01. The first-order valence-corrected chi connectivity index (χ1v) is 10.8. The monoisotopic (exact) mass is 423 g/mol. The molecule has 1 aliphatic heterocycles. The average molecular weight is 424 g/mol. The third-order valence-electron chi connectivity index (χ3n) is 6.00. The van der Waals surface area contributed by atoms with Gasteiger partial charge in [-0.2, -0.15) is 0 Å². The highest BCUT2D eigenvalue weighted by atomic mass is 16.5. The van der Waals surface area contributed by atoms with Crippen LogP contribution in [0.3, 0.4) is 0 Å². The van der Waals surface area contributed by atoms with Crippen molar-refractivity contribution in [3.05, 3.63) is 58.7 Å². The average Bonchev–Trinajstić information content (AvgIpc) is 2.76. The number of carbonyl (C=O) groups excluding carboxylic acids is 2. The Morgan fingerprint density at radius 2 is 1.61 bits per heavy atom. The van der Waals surface area contributed by atoms with Gasteiger partial charge in [-0.1, -0.05) is 12.1 Å². The molecule has 0 aliphatic carbocycles. The number of piperidine rings is 1. The van der Waals surface area contributed by atoms with Crippen molar-refractivity contribution in [3.63, 3.8) is 0 Å². The van der Waals surface area contributed by atoms with Crippen LogP contribution in [0.4, 0.5) is 5.69 Å². The summed E-state index contributed by atoms with van der Waals surface area (Å²) < 4.78 is 5.82. The van der Waals surface area contributed by atoms with E-state index >= 15 is 0 Å². The third kappa shape index (κ3) is 5.57. The molecule has 2 amide bonds. The molecule has 31 heavy (non-hydrogen) atoms. The normalized spacial score (nSPS) is 14.3. The van der Waals surface area contributed by atoms with Crippen molar-refractivity contribution >= 4 is 17.5 Å². The highest BCUT2D eigenvalue weighted by Gasteiger charge is 2.25. The van der Waals surface area contributed by atoms with Gasteiger partial charge in [-0.3, -0.25) is 9.59 Å². The fourth-order valence-electron chi connectivity index (χ4n) is 3.87. The Labute approximate surface area is 185 Å². The standard InChI is InChI=1S/C25H33N3O3/c1-17-6-7-18(2)24(19(17)3)31-16-23(29)26-21-12-14-28(15-13-21)25(30)20-8-10-22(11-9-20)27(4)5/h6-11,21H,12-16H2,1-5H3,(H,26,29). The fraction of sp³-hybridized carbons (Fsp3) is 0.440. The molecule has 1 heterocycles. The van der Waals surface area contributed by atoms with Gasteiger partial charge < -0.3 is 19.9 Å². The quantitative estimate of drug-likeness (QED) is 0.773. The summed E-state index contributed by atoms with van der Waals surface area (Å²) >= 11 is 0. The number of anilines is 1. The second-order valence-electron chi connectivity index (χ2n) is 8.52. The Kier molecular flexibility index (Phi) is 7.21. The molecule has 0 saturated carbocycles. The lowest BCUT2D eigenvalue weighted by Gasteiger charge is -2.32. The largest absolute Gasteiger partial charge is 0.483 e. The van der Waals surface area contributed by atoms with Crippen molar-refractivity contribution < 1.29 is 14.3 Å². The topological polar surface area (TPSA) is 61.9 Å². The van der Waals surface area contributed by atoms with E-state index in [9.17, 15) is 9.59 Å². The summed E-state index contributed by atoms with van der Waals surface area (Å²) in [6.07, 6.45) is 1.49. The van der Waals surface area contributed by atoms with E-state index in [1.54, 1.807) is 0 Å². The maximum Gasteiger partial charge on any atom is 0.258 e. The number of hydrogen-bond acceptors (Lipinski definition) is 4. The number of aryl methyl sites for hydroxylation is 2. The van der Waals surface area contributed by atoms with E-state index in [-0.39, 0.29) is 24.5 Å². The maximum atomic E-state index is 12.8. The summed E-state index contributed by atoms with van der Waals surface area (Å²) in [7, 11) is 3.95. The molecule has 0 atom stereocenters. The Balaban J connectivity index is 1.47. The molecule has 1 aliphatic rings. The van der Waals surface area contributed by atoms with Gasteiger partial charge in [-0.25, -0.2) is 0 Å². The lowest BCUT2D eigenvalue weighted by atomic mass is 10.0. The molecule has 0 spiro atoms. The van der Waals surface area contributed by atoms with Gasteiger partial charge in [0, 0.05) is 44.5 Å². The van der Waals surface area contributed by atoms with E-state index in [1.165, 1.54) is 0 Å². The van der Waals surface area contributed by atoms with Gasteiger partial charge in [-0.05, 0) is 74.6 Å². The number of ether oxygens (including phenoxy) is 1. The Morgan fingerprint density at radius 3 is 2.23 bits per heavy atom. The van der Waals surface area contributed by atoms with E-state index in [2.05, 4.69) is 11.4 Å². The Bertz CT molecular complexity index is 930. The predicted octanol–water partition coefficient (Wildman–Crippen LogP) is 3.48. The summed E-state index contributed by atoms with van der Waals surface area (Å²) in [5, 5.41) is 3.05. The molecule has 0 aromatic heterocycles. The molecule has 0 radical (unpaired) electrons. The first kappa shape index (κ1) is 22.7. The minimum Gasteiger partial charge on any atom is -0.483 e. The molecule has 2 aromatic carbocycles. The van der Waals surface area contributed by atoms with Gasteiger partial charge in [0.05, 0.1) is 0 Å². The molecule has 0 unspecified atom stereocenters. The highest BCUT2D eigenvalue weighted by molar-refractivity contribution is 5.94. The number of nitrogens with zero attached hydrogens (tertiary/aromatic N) is 2. The second kappa shape index (κ2) is 9.86. The lowest BCUT2D eigenvalue weighted by molar-refractivity contribution is -0.124. The molecule has 3 rings (SSSR count). The number of carbonyl (C=O) groups is 2. The van der Waals surface area contributed by atoms with Crippen LogP contribution in [-0.2, 0) is 4.79 Å². The number of hydrogen-bond donors (Lipinski definition) is 1. The second-order valence-corrected chi connectivity index (χ2v) is 8.52. The van der Waals surface area contributed by atoms with Crippen molar-refractivity contribution in [1.82, 2.24) is 10.2 Å². The van der Waals surface area contributed by atoms with Crippen molar-refractivity contribution in [2.24, 2.45) is 0 Å². The smallest absolute Gasteiger partial charge is 0.258 e. The van der Waals surface area contributed by atoms with Crippen LogP contribution >= 0.6 is 0 Å². The van der Waals surface area contributed by atoms with Crippen LogP contribution in [0.25, 0.3) is 0 Å². The Hall–Kier alpha value is -3.02. The van der Waals surface area contributed by atoms with Crippen molar-refractivity contribution in [3.8, 4) is 5.75 Å². The first-order chi connectivity index (χ1) is 14.8. The summed E-state index contributed by atoms with van der Waals surface area (Å²) in [5.74, 6) is 0.712. The molecule has 166 valence electrons. The summed E-state index contributed by atoms with van der Waals surface area (Å²) in [4.78, 5) is 29.0. The van der Waals surface area contributed by atoms with E-state index < -0.39 is 0 Å². The number of amides is 2. The van der Waals surface area contributed by atoms with Crippen molar-refractivity contribution in [2.75, 3.05) is 38.7 Å². The lowest BCUT2D eigenvalue weighted by Crippen LogP contribution is -2.47. The third-order valence-corrected chi connectivity index (χ3v) is 6.00. The minimum atomic E-state index is -0.121. The minimum absolute atomic E-state index is 0.00248. The van der Waals surface area contributed by atoms with Gasteiger partial charge >= 0.3 is 0 Å². The van der Waals surface area contributed by atoms with Crippen LogP contribution in [0.5, 0.6) is 5.75 Å². The number of rotatable bonds is 6. The van der Waals surface area contributed by atoms with Gasteiger partial charge in [0.15, 0.2) is 6.61 Å². The predicted molar refractivity (Wildman–Crippen MR) is 124 cm³/mol. The molecule has 1 saturated heterocycles. The summed E-state index contributed by atoms with van der Waals surface area (Å²) in [6, 6.07) is 11.8. The van der Waals surface area contributed by atoms with Gasteiger partial charge in [0.2, 0.25) is 0 Å². The first-order valence-electron chi connectivity index (χ1n) is 10.8. The maximum absolute atomic E-state index is 12.8. The van der Waals surface area contributed by atoms with Crippen LogP contribution in [0.2, 0.25) is 0 Å². The van der Waals surface area contributed by atoms with Crippen LogP contribution in [0.15, 0.2) is 36.4 Å². The molecule has 2 aromatic rings. The van der Waals surface area contributed by atoms with Gasteiger partial charge in [0.25, 0.3) is 11.8 Å². The van der Waals surface area contributed by atoms with Crippen molar-refractivity contribution in [2.45, 2.75) is 39.7 Å². The van der Waals surface area contributed by atoms with E-state index in [4.69, 9.17) is 4.74 Å². The number of likely N-dealkylation sites (tertiary alicyclic amines) is 1. The summed E-state index contributed by atoms with van der Waals surface area (Å²) in [6.45, 7) is 7.30. The van der Waals surface area contributed by atoms with E-state index in [0.717, 1.165) is 41.0 Å². The molecule has 6 heteroatoms. The molecule has 1 N–H and O–H groups in total. The molecular weight excluding hydrogens is 390 g/mol. The molecule has 0 bridgehead atoms. The fourth-order valence-corrected chi connectivity index (χ4v) is 3.87. The number of nitrogens with one attached hydrogen (secondary N) is 1. The number of benzene rings is 2. The van der Waals surface area contributed by atoms with Crippen LogP contribution in [0.1, 0.15) is 39.9 Å². The zero-order valence-corrected chi connectivity index (χ0v) is 19.2. The van der Waals surface area contributed by atoms with Crippen LogP contribution in [-0.4, -0.2) is 56.5 Å². The molecule has 1 fully saturated rings. The van der Waals surface area contributed by atoms with Crippen LogP contribution in [0, 0.1) is 20.8 Å². The van der Waals surface area contributed by atoms with E-state index in [0.29, 0.717) is 18.7 Å². The SMILES string of the molecule is Cc1ccc(C)c(OCC(=O)NC2CCN(C(=O)c3ccc(N(C)C)cc3)CC2)c1C. The van der Waals surface area contributed by atoms with Gasteiger partial charge in [-0.15, -0.1) is 0 Å². The van der Waals surface area contributed by atoms with Crippen LogP contribution < -0.4 is 15.0 Å². The highest BCUT2D eigenvalue weighted by Crippen LogP contribution is 2.25. The molecule has 6 nitrogen and oxygen atoms in total. The zero-order valence-electron chi connectivity index (χ0n) is 19.2. The molecular formula is C25H33N3O3. The van der Waals surface area contributed by atoms with Crippen molar-refractivity contribution in [1.29, 1.82) is 0 Å². The van der Waals surface area contributed by atoms with Gasteiger partial charge in [0.1, 0.15) is 5.75 Å². The zero-order chi connectivity index (χ0) is 22.5. The van der Waals surface area contributed by atoms with E-state index in [1.807, 2.05) is 75.0 Å². The Morgan fingerprint density at radius 1 is 1.00 bits per heavy atom.